The maximum absolute atomic E-state index is 12.4. The van der Waals surface area contributed by atoms with Gasteiger partial charge in [-0.2, -0.15) is 13.2 Å². The molecule has 0 atom stereocenters. The van der Waals surface area contributed by atoms with Crippen LogP contribution in [0, 0.1) is 0 Å². The Morgan fingerprint density at radius 2 is 1.68 bits per heavy atom. The third-order valence-corrected chi connectivity index (χ3v) is 7.90. The van der Waals surface area contributed by atoms with Crippen molar-refractivity contribution in [1.82, 2.24) is 14.4 Å². The van der Waals surface area contributed by atoms with Crippen molar-refractivity contribution in [3.63, 3.8) is 0 Å². The van der Waals surface area contributed by atoms with Gasteiger partial charge in [-0.15, -0.1) is 0 Å². The number of likely N-dealkylation sites (tertiary alicyclic amines) is 2. The number of aromatic nitrogens is 1. The van der Waals surface area contributed by atoms with Gasteiger partial charge in [-0.05, 0) is 62.8 Å². The maximum Gasteiger partial charge on any atom is 0.389 e. The van der Waals surface area contributed by atoms with Gasteiger partial charge in [-0.1, -0.05) is 6.42 Å². The van der Waals surface area contributed by atoms with E-state index in [0.717, 1.165) is 61.5 Å². The Hall–Kier alpha value is -2.22. The van der Waals surface area contributed by atoms with Crippen molar-refractivity contribution < 1.29 is 22.7 Å². The summed E-state index contributed by atoms with van der Waals surface area (Å²) in [4.78, 5) is 16.3. The second-order valence-corrected chi connectivity index (χ2v) is 10.1. The molecule has 1 amide bonds. The van der Waals surface area contributed by atoms with Crippen LogP contribution in [0.2, 0.25) is 0 Å². The summed E-state index contributed by atoms with van der Waals surface area (Å²) in [6.07, 6.45) is 4.31. The van der Waals surface area contributed by atoms with Gasteiger partial charge in [-0.25, -0.2) is 0 Å². The van der Waals surface area contributed by atoms with E-state index in [1.165, 1.54) is 19.3 Å². The van der Waals surface area contributed by atoms with E-state index < -0.39 is 24.9 Å². The molecule has 3 fully saturated rings. The van der Waals surface area contributed by atoms with Crippen LogP contribution in [0.1, 0.15) is 63.8 Å². The van der Waals surface area contributed by atoms with Gasteiger partial charge in [0.1, 0.15) is 11.9 Å². The van der Waals surface area contributed by atoms with Gasteiger partial charge in [0.25, 0.3) is 0 Å². The Balaban J connectivity index is 1.14. The van der Waals surface area contributed by atoms with Crippen LogP contribution in [0.3, 0.4) is 0 Å². The molecule has 1 saturated carbocycles. The van der Waals surface area contributed by atoms with E-state index in [1.807, 2.05) is 6.07 Å². The van der Waals surface area contributed by atoms with E-state index in [0.29, 0.717) is 13.1 Å². The molecule has 186 valence electrons. The van der Waals surface area contributed by atoms with Gasteiger partial charge in [0.05, 0.1) is 6.42 Å². The Morgan fingerprint density at radius 3 is 2.32 bits per heavy atom. The van der Waals surface area contributed by atoms with Gasteiger partial charge < -0.3 is 19.1 Å². The lowest BCUT2D eigenvalue weighted by molar-refractivity contribution is -0.149. The molecular formula is C26H34F3N3O2. The zero-order valence-corrected chi connectivity index (χ0v) is 19.6. The maximum atomic E-state index is 12.4. The minimum atomic E-state index is -4.28. The van der Waals surface area contributed by atoms with E-state index in [2.05, 4.69) is 33.9 Å². The smallest absolute Gasteiger partial charge is 0.389 e. The molecule has 1 aromatic carbocycles. The largest absolute Gasteiger partial charge is 0.490 e. The average Bonchev–Trinajstić information content (AvgIpc) is 3.20. The molecule has 1 aliphatic carbocycles. The molecule has 2 aliphatic heterocycles. The lowest BCUT2D eigenvalue weighted by Gasteiger charge is -2.41. The number of ether oxygens (including phenoxy) is 1. The van der Waals surface area contributed by atoms with Crippen LogP contribution in [0.25, 0.3) is 10.9 Å². The number of carbonyl (C=O) groups excluding carboxylic acids is 1. The third-order valence-electron chi connectivity index (χ3n) is 7.90. The molecular weight excluding hydrogens is 443 g/mol. The Kier molecular flexibility index (Phi) is 6.78. The molecule has 0 bridgehead atoms. The van der Waals surface area contributed by atoms with Crippen LogP contribution in [-0.2, 0) is 4.79 Å². The summed E-state index contributed by atoms with van der Waals surface area (Å²) in [7, 11) is 0. The number of halogens is 3. The van der Waals surface area contributed by atoms with E-state index in [-0.39, 0.29) is 12.1 Å². The molecule has 2 aromatic rings. The fourth-order valence-corrected chi connectivity index (χ4v) is 5.64. The minimum Gasteiger partial charge on any atom is -0.490 e. The number of piperidine rings is 2. The molecule has 3 aliphatic rings. The van der Waals surface area contributed by atoms with Crippen molar-refractivity contribution in [2.75, 3.05) is 26.2 Å². The second kappa shape index (κ2) is 9.80. The summed E-state index contributed by atoms with van der Waals surface area (Å²) in [6.45, 7) is 3.26. The molecule has 0 spiro atoms. The lowest BCUT2D eigenvalue weighted by atomic mass is 9.90. The van der Waals surface area contributed by atoms with Crippen LogP contribution >= 0.6 is 0 Å². The Morgan fingerprint density at radius 1 is 0.941 bits per heavy atom. The second-order valence-electron chi connectivity index (χ2n) is 10.1. The van der Waals surface area contributed by atoms with Gasteiger partial charge in [0, 0.05) is 61.8 Å². The fourth-order valence-electron chi connectivity index (χ4n) is 5.64. The van der Waals surface area contributed by atoms with E-state index in [4.69, 9.17) is 4.74 Å². The summed E-state index contributed by atoms with van der Waals surface area (Å²) in [5, 5.41) is 1.13. The van der Waals surface area contributed by atoms with Gasteiger partial charge >= 0.3 is 6.18 Å². The molecule has 5 nitrogen and oxygen atoms in total. The number of hydrogen-bond acceptors (Lipinski definition) is 3. The fraction of sp³-hybridized carbons (Fsp3) is 0.654. The summed E-state index contributed by atoms with van der Waals surface area (Å²) >= 11 is 0. The normalized spacial score (nSPS) is 21.7. The van der Waals surface area contributed by atoms with Crippen molar-refractivity contribution in [2.24, 2.45) is 0 Å². The number of hydrogen-bond donors (Lipinski definition) is 0. The number of rotatable bonds is 6. The van der Waals surface area contributed by atoms with Crippen molar-refractivity contribution in [1.29, 1.82) is 0 Å². The molecule has 0 N–H and O–H groups in total. The predicted octanol–water partition coefficient (Wildman–Crippen LogP) is 5.54. The topological polar surface area (TPSA) is 37.7 Å². The lowest BCUT2D eigenvalue weighted by Crippen LogP contribution is -2.46. The highest BCUT2D eigenvalue weighted by Crippen LogP contribution is 2.32. The average molecular weight is 478 g/mol. The molecule has 5 rings (SSSR count). The van der Waals surface area contributed by atoms with Crippen LogP contribution in [0.15, 0.2) is 30.5 Å². The van der Waals surface area contributed by atoms with Crippen molar-refractivity contribution in [3.05, 3.63) is 30.5 Å². The summed E-state index contributed by atoms with van der Waals surface area (Å²) < 4.78 is 45.8. The minimum absolute atomic E-state index is 0.242. The molecule has 3 heterocycles. The first-order valence-electron chi connectivity index (χ1n) is 12.7. The number of fused-ring (bicyclic) bond motifs is 1. The first-order valence-corrected chi connectivity index (χ1v) is 12.7. The number of alkyl halides is 3. The zero-order chi connectivity index (χ0) is 23.7. The van der Waals surface area contributed by atoms with Crippen molar-refractivity contribution >= 4 is 16.8 Å². The standard InChI is InChI=1S/C26H34F3N3O2/c27-26(28,29)12-6-25(33)31-13-8-21(9-14-31)32-17-7-19-18-23(4-5-24(19)32)34-22-10-15-30(16-11-22)20-2-1-3-20/h4-5,7,17-18,20-22H,1-3,6,8-16H2. The van der Waals surface area contributed by atoms with E-state index in [1.54, 1.807) is 4.90 Å². The van der Waals surface area contributed by atoms with Gasteiger partial charge in [-0.3, -0.25) is 4.79 Å². The highest BCUT2D eigenvalue weighted by atomic mass is 19.4. The molecule has 2 saturated heterocycles. The van der Waals surface area contributed by atoms with E-state index >= 15 is 0 Å². The van der Waals surface area contributed by atoms with Gasteiger partial charge in [0.2, 0.25) is 5.91 Å². The molecule has 0 radical (unpaired) electrons. The first-order chi connectivity index (χ1) is 16.4. The van der Waals surface area contributed by atoms with Crippen molar-refractivity contribution in [2.45, 2.75) is 82.2 Å². The first kappa shape index (κ1) is 23.5. The Bertz CT molecular complexity index is 985. The number of benzene rings is 1. The summed E-state index contributed by atoms with van der Waals surface area (Å²) in [5.41, 5.74) is 1.13. The Labute approximate surface area is 198 Å². The SMILES string of the molecule is O=C(CCC(F)(F)F)N1CCC(n2ccc3cc(OC4CCN(C5CCC5)CC4)ccc32)CC1. The number of amides is 1. The molecule has 8 heteroatoms. The highest BCUT2D eigenvalue weighted by Gasteiger charge is 2.31. The number of nitrogens with zero attached hydrogens (tertiary/aromatic N) is 3. The molecule has 1 aromatic heterocycles. The van der Waals surface area contributed by atoms with Crippen LogP contribution in [-0.4, -0.2) is 64.8 Å². The monoisotopic (exact) mass is 477 g/mol. The highest BCUT2D eigenvalue weighted by molar-refractivity contribution is 5.82. The van der Waals surface area contributed by atoms with E-state index in [9.17, 15) is 18.0 Å². The third kappa shape index (κ3) is 5.37. The van der Waals surface area contributed by atoms with Crippen molar-refractivity contribution in [3.8, 4) is 5.75 Å². The van der Waals surface area contributed by atoms with Crippen LogP contribution in [0.5, 0.6) is 5.75 Å². The van der Waals surface area contributed by atoms with Crippen LogP contribution < -0.4 is 4.74 Å². The summed E-state index contributed by atoms with van der Waals surface area (Å²) in [6, 6.07) is 9.41. The molecule has 0 unspecified atom stereocenters. The number of carbonyl (C=O) groups is 1. The predicted molar refractivity (Wildman–Crippen MR) is 125 cm³/mol. The molecule has 34 heavy (non-hydrogen) atoms. The van der Waals surface area contributed by atoms with Crippen LogP contribution in [0.4, 0.5) is 13.2 Å². The zero-order valence-electron chi connectivity index (χ0n) is 19.6. The van der Waals surface area contributed by atoms with Gasteiger partial charge in [0.15, 0.2) is 0 Å². The quantitative estimate of drug-likeness (QED) is 0.548. The summed E-state index contributed by atoms with van der Waals surface area (Å²) in [5.74, 6) is 0.519.